The minimum Gasteiger partial charge on any atom is -0.341 e. The van der Waals surface area contributed by atoms with Crippen LogP contribution in [0, 0.1) is 6.92 Å². The molecule has 1 saturated heterocycles. The Hall–Kier alpha value is -2.98. The lowest BCUT2D eigenvalue weighted by molar-refractivity contribution is -0.129. The maximum absolute atomic E-state index is 13.0. The third-order valence-electron chi connectivity index (χ3n) is 5.90. The molecule has 0 bridgehead atoms. The summed E-state index contributed by atoms with van der Waals surface area (Å²) >= 11 is 6.24. The van der Waals surface area contributed by atoms with Gasteiger partial charge in [-0.3, -0.25) is 19.7 Å². The minimum absolute atomic E-state index is 0.0268. The van der Waals surface area contributed by atoms with E-state index in [1.165, 1.54) is 6.07 Å². The van der Waals surface area contributed by atoms with Crippen LogP contribution in [0.2, 0.25) is 0 Å². The van der Waals surface area contributed by atoms with Crippen molar-refractivity contribution >= 4 is 62.6 Å². The number of thiophene rings is 1. The molecule has 2 aromatic heterocycles. The fraction of sp³-hybridized carbons (Fsp3) is 0.391. The number of para-hydroxylation sites is 1. The third kappa shape index (κ3) is 5.07. The van der Waals surface area contributed by atoms with Gasteiger partial charge in [0.15, 0.2) is 0 Å². The zero-order chi connectivity index (χ0) is 24.4. The van der Waals surface area contributed by atoms with Gasteiger partial charge >= 0.3 is 0 Å². The molecular formula is C23H25ClFN5O3S. The van der Waals surface area contributed by atoms with Gasteiger partial charge in [0.1, 0.15) is 0 Å². The van der Waals surface area contributed by atoms with Gasteiger partial charge in [-0.2, -0.15) is 0 Å². The summed E-state index contributed by atoms with van der Waals surface area (Å²) < 4.78 is 15.0. The number of hydrogen-bond donors (Lipinski definition) is 2. The molecule has 1 aromatic carbocycles. The predicted molar refractivity (Wildman–Crippen MR) is 131 cm³/mol. The molecule has 1 fully saturated rings. The zero-order valence-electron chi connectivity index (χ0n) is 18.8. The Morgan fingerprint density at radius 2 is 2.06 bits per heavy atom. The molecule has 0 radical (unpaired) electrons. The number of aryl methyl sites for hydroxylation is 1. The summed E-state index contributed by atoms with van der Waals surface area (Å²) in [4.78, 5) is 43.2. The number of halogens is 2. The van der Waals surface area contributed by atoms with Crippen LogP contribution in [0.15, 0.2) is 29.6 Å². The number of anilines is 2. The molecule has 3 heterocycles. The standard InChI is InChI=1S/C23H25ClFN5O3S/c1-13-6-5-8-17-19(13)30(16-7-3-4-9-29(11-16)14(2)31)23(26-17)28-21(32)15-10-18(34-12-15)27-22(33)20(24)25/h5-6,8,10,12,16,20H,3-4,7,9,11H2,1-2H3,(H,27,33)(H,26,28,32)/t16-,20?/m1/s1. The van der Waals surface area contributed by atoms with E-state index in [4.69, 9.17) is 11.6 Å². The highest BCUT2D eigenvalue weighted by atomic mass is 35.5. The highest BCUT2D eigenvalue weighted by Crippen LogP contribution is 2.32. The predicted octanol–water partition coefficient (Wildman–Crippen LogP) is 4.70. The molecule has 4 rings (SSSR count). The van der Waals surface area contributed by atoms with Gasteiger partial charge in [-0.25, -0.2) is 9.37 Å². The lowest BCUT2D eigenvalue weighted by Crippen LogP contribution is -2.34. The molecule has 3 amide bonds. The molecule has 0 aliphatic carbocycles. The summed E-state index contributed by atoms with van der Waals surface area (Å²) in [7, 11) is 0. The molecule has 34 heavy (non-hydrogen) atoms. The van der Waals surface area contributed by atoms with Gasteiger partial charge in [-0.15, -0.1) is 11.3 Å². The number of likely N-dealkylation sites (tertiary alicyclic amines) is 1. The number of amides is 3. The van der Waals surface area contributed by atoms with Crippen molar-refractivity contribution in [2.45, 2.75) is 44.8 Å². The Bertz CT molecular complexity index is 1240. The minimum atomic E-state index is -2.17. The molecule has 1 aliphatic rings. The van der Waals surface area contributed by atoms with Crippen LogP contribution < -0.4 is 10.6 Å². The van der Waals surface area contributed by atoms with E-state index in [1.54, 1.807) is 12.3 Å². The van der Waals surface area contributed by atoms with Crippen molar-refractivity contribution in [1.29, 1.82) is 0 Å². The number of benzene rings is 1. The SMILES string of the molecule is CC(=O)N1CCCC[C@@H](n2c(NC(=O)c3csc(NC(=O)C(F)Cl)c3)nc3cccc(C)c32)C1. The molecule has 0 spiro atoms. The molecule has 3 aromatic rings. The van der Waals surface area contributed by atoms with Crippen LogP contribution in [0.1, 0.15) is 48.1 Å². The smallest absolute Gasteiger partial charge is 0.275 e. The van der Waals surface area contributed by atoms with Crippen LogP contribution in [0.5, 0.6) is 0 Å². The normalized spacial score (nSPS) is 17.3. The molecule has 2 N–H and O–H groups in total. The van der Waals surface area contributed by atoms with Gasteiger partial charge in [0.05, 0.1) is 27.6 Å². The van der Waals surface area contributed by atoms with Crippen molar-refractivity contribution in [3.05, 3.63) is 40.8 Å². The molecule has 8 nitrogen and oxygen atoms in total. The summed E-state index contributed by atoms with van der Waals surface area (Å²) in [6.45, 7) is 4.82. The Morgan fingerprint density at radius 1 is 1.26 bits per heavy atom. The van der Waals surface area contributed by atoms with Crippen LogP contribution in [-0.4, -0.2) is 50.9 Å². The molecule has 180 valence electrons. The topological polar surface area (TPSA) is 96.3 Å². The number of fused-ring (bicyclic) bond motifs is 1. The fourth-order valence-corrected chi connectivity index (χ4v) is 5.09. The van der Waals surface area contributed by atoms with Gasteiger partial charge in [-0.05, 0) is 43.9 Å². The summed E-state index contributed by atoms with van der Waals surface area (Å²) in [5.74, 6) is -0.980. The van der Waals surface area contributed by atoms with Gasteiger partial charge in [0, 0.05) is 25.4 Å². The largest absolute Gasteiger partial charge is 0.341 e. The van der Waals surface area contributed by atoms with E-state index in [2.05, 4.69) is 15.6 Å². The van der Waals surface area contributed by atoms with Gasteiger partial charge in [0.2, 0.25) is 11.9 Å². The third-order valence-corrected chi connectivity index (χ3v) is 6.94. The van der Waals surface area contributed by atoms with Crippen LogP contribution >= 0.6 is 22.9 Å². The first-order valence-corrected chi connectivity index (χ1v) is 12.3. The van der Waals surface area contributed by atoms with Crippen LogP contribution in [-0.2, 0) is 9.59 Å². The monoisotopic (exact) mass is 505 g/mol. The van der Waals surface area contributed by atoms with Crippen molar-refractivity contribution in [1.82, 2.24) is 14.5 Å². The van der Waals surface area contributed by atoms with Crippen molar-refractivity contribution in [3.8, 4) is 0 Å². The summed E-state index contributed by atoms with van der Waals surface area (Å²) in [5.41, 5.74) is 0.820. The second-order valence-corrected chi connectivity index (χ2v) is 9.60. The zero-order valence-corrected chi connectivity index (χ0v) is 20.4. The number of nitrogens with zero attached hydrogens (tertiary/aromatic N) is 3. The van der Waals surface area contributed by atoms with Crippen molar-refractivity contribution < 1.29 is 18.8 Å². The lowest BCUT2D eigenvalue weighted by atomic mass is 10.1. The Labute approximate surface area is 205 Å². The lowest BCUT2D eigenvalue weighted by Gasteiger charge is -2.26. The number of alkyl halides is 2. The van der Waals surface area contributed by atoms with Gasteiger partial charge < -0.3 is 14.8 Å². The van der Waals surface area contributed by atoms with Gasteiger partial charge in [-0.1, -0.05) is 23.7 Å². The highest BCUT2D eigenvalue weighted by molar-refractivity contribution is 7.14. The van der Waals surface area contributed by atoms with E-state index in [0.717, 1.165) is 47.2 Å². The molecule has 1 aliphatic heterocycles. The van der Waals surface area contributed by atoms with E-state index in [0.29, 0.717) is 29.6 Å². The number of rotatable bonds is 5. The van der Waals surface area contributed by atoms with Crippen LogP contribution in [0.25, 0.3) is 11.0 Å². The summed E-state index contributed by atoms with van der Waals surface area (Å²) in [6, 6.07) is 7.21. The van der Waals surface area contributed by atoms with E-state index >= 15 is 0 Å². The van der Waals surface area contributed by atoms with E-state index in [-0.39, 0.29) is 11.9 Å². The summed E-state index contributed by atoms with van der Waals surface area (Å²) in [6.07, 6.45) is 2.73. The van der Waals surface area contributed by atoms with Crippen molar-refractivity contribution in [3.63, 3.8) is 0 Å². The highest BCUT2D eigenvalue weighted by Gasteiger charge is 2.27. The number of imidazole rings is 1. The average molecular weight is 506 g/mol. The number of carbonyl (C=O) groups excluding carboxylic acids is 3. The van der Waals surface area contributed by atoms with Crippen molar-refractivity contribution in [2.75, 3.05) is 23.7 Å². The van der Waals surface area contributed by atoms with E-state index in [9.17, 15) is 18.8 Å². The number of aromatic nitrogens is 2. The van der Waals surface area contributed by atoms with Crippen LogP contribution in [0.3, 0.4) is 0 Å². The number of carbonyl (C=O) groups is 3. The maximum Gasteiger partial charge on any atom is 0.275 e. The number of nitrogens with one attached hydrogen (secondary N) is 2. The molecular weight excluding hydrogens is 481 g/mol. The Morgan fingerprint density at radius 3 is 2.79 bits per heavy atom. The van der Waals surface area contributed by atoms with Crippen LogP contribution in [0.4, 0.5) is 15.3 Å². The first-order valence-electron chi connectivity index (χ1n) is 11.0. The summed E-state index contributed by atoms with van der Waals surface area (Å²) in [5, 5.41) is 7.10. The first-order chi connectivity index (χ1) is 16.2. The van der Waals surface area contributed by atoms with Crippen molar-refractivity contribution in [2.24, 2.45) is 0 Å². The maximum atomic E-state index is 13.0. The quantitative estimate of drug-likeness (QED) is 0.491. The molecule has 11 heteroatoms. The first kappa shape index (κ1) is 24.2. The molecule has 1 unspecified atom stereocenters. The second-order valence-electron chi connectivity index (χ2n) is 8.31. The Kier molecular flexibility index (Phi) is 7.18. The Balaban J connectivity index is 1.66. The fourth-order valence-electron chi connectivity index (χ4n) is 4.25. The van der Waals surface area contributed by atoms with Gasteiger partial charge in [0.25, 0.3) is 17.4 Å². The van der Waals surface area contributed by atoms with E-state index < -0.39 is 17.4 Å². The average Bonchev–Trinajstić information content (AvgIpc) is 3.31. The van der Waals surface area contributed by atoms with E-state index in [1.807, 2.05) is 34.6 Å². The second kappa shape index (κ2) is 10.1. The molecule has 0 saturated carbocycles. The molecule has 2 atom stereocenters. The number of hydrogen-bond acceptors (Lipinski definition) is 5.